The molecule has 1 aliphatic carbocycles. The molecule has 3 aliphatic heterocycles. The molecule has 5 amide bonds. The van der Waals surface area contributed by atoms with Crippen LogP contribution in [0.3, 0.4) is 0 Å². The zero-order valence-corrected chi connectivity index (χ0v) is 20.2. The van der Waals surface area contributed by atoms with Crippen LogP contribution in [0.15, 0.2) is 0 Å². The number of rotatable bonds is 5. The lowest BCUT2D eigenvalue weighted by Gasteiger charge is -2.42. The molecule has 3 heterocycles. The van der Waals surface area contributed by atoms with E-state index in [0.29, 0.717) is 51.5 Å². The molecule has 1 atom stereocenters. The topological polar surface area (TPSA) is 99.3 Å². The first kappa shape index (κ1) is 24.0. The van der Waals surface area contributed by atoms with Crippen LogP contribution in [0.5, 0.6) is 0 Å². The van der Waals surface area contributed by atoms with Crippen molar-refractivity contribution >= 4 is 23.8 Å². The Hall–Kier alpha value is -2.16. The molecule has 0 radical (unpaired) electrons. The molecule has 0 aromatic heterocycles. The van der Waals surface area contributed by atoms with E-state index in [1.165, 1.54) is 0 Å². The summed E-state index contributed by atoms with van der Waals surface area (Å²) >= 11 is 0. The van der Waals surface area contributed by atoms with Crippen LogP contribution in [0, 0.1) is 11.3 Å². The van der Waals surface area contributed by atoms with Gasteiger partial charge >= 0.3 is 6.03 Å². The summed E-state index contributed by atoms with van der Waals surface area (Å²) in [4.78, 5) is 55.8. The quantitative estimate of drug-likeness (QED) is 0.628. The maximum atomic E-state index is 13.2. The summed E-state index contributed by atoms with van der Waals surface area (Å²) in [5.41, 5.74) is -0.638. The molecule has 33 heavy (non-hydrogen) atoms. The van der Waals surface area contributed by atoms with Crippen LogP contribution < -0.4 is 5.32 Å². The van der Waals surface area contributed by atoms with Crippen LogP contribution in [0.2, 0.25) is 0 Å². The Balaban J connectivity index is 1.30. The predicted octanol–water partition coefficient (Wildman–Crippen LogP) is 1.75. The van der Waals surface area contributed by atoms with Crippen molar-refractivity contribution in [3.8, 4) is 0 Å². The predicted molar refractivity (Wildman–Crippen MR) is 121 cm³/mol. The number of imide groups is 1. The van der Waals surface area contributed by atoms with Crippen LogP contribution in [0.4, 0.5) is 4.79 Å². The van der Waals surface area contributed by atoms with E-state index in [0.717, 1.165) is 37.0 Å². The van der Waals surface area contributed by atoms with Crippen molar-refractivity contribution in [1.82, 2.24) is 20.0 Å². The average molecular weight is 463 g/mol. The minimum atomic E-state index is -0.857. The molecule has 1 spiro atoms. The normalized spacial score (nSPS) is 30.8. The second-order valence-electron chi connectivity index (χ2n) is 10.7. The van der Waals surface area contributed by atoms with Crippen molar-refractivity contribution in [2.24, 2.45) is 11.3 Å². The lowest BCUT2D eigenvalue weighted by atomic mass is 9.65. The average Bonchev–Trinajstić information content (AvgIpc) is 3.43. The number of ether oxygens (including phenoxy) is 1. The van der Waals surface area contributed by atoms with Crippen molar-refractivity contribution in [3.63, 3.8) is 0 Å². The van der Waals surface area contributed by atoms with Gasteiger partial charge in [0.05, 0.1) is 0 Å². The fourth-order valence-electron chi connectivity index (χ4n) is 5.73. The number of hydrogen-bond acceptors (Lipinski definition) is 5. The van der Waals surface area contributed by atoms with Gasteiger partial charge in [-0.25, -0.2) is 4.79 Å². The molecule has 184 valence electrons. The van der Waals surface area contributed by atoms with E-state index < -0.39 is 11.6 Å². The Morgan fingerprint density at radius 2 is 1.70 bits per heavy atom. The number of hydrogen-bond donors (Lipinski definition) is 1. The standard InChI is InChI=1S/C24H38N4O5/c1-4-23(2,3)17-7-9-24(10-8-17)21(31)28(22(32)25-24)16-19(29)26-11-13-27(14-12-26)20(30)18-6-5-15-33-18/h17-18H,4-16H2,1-3H3,(H,25,32). The monoisotopic (exact) mass is 462 g/mol. The molecule has 4 aliphatic rings. The first-order chi connectivity index (χ1) is 15.7. The van der Waals surface area contributed by atoms with Gasteiger partial charge in [0.1, 0.15) is 18.2 Å². The van der Waals surface area contributed by atoms with Crippen molar-refractivity contribution < 1.29 is 23.9 Å². The van der Waals surface area contributed by atoms with Gasteiger partial charge in [-0.1, -0.05) is 27.2 Å². The fraction of sp³-hybridized carbons (Fsp3) is 0.833. The molecule has 9 nitrogen and oxygen atoms in total. The van der Waals surface area contributed by atoms with Gasteiger partial charge < -0.3 is 19.9 Å². The third-order valence-corrected chi connectivity index (χ3v) is 8.54. The number of nitrogens with zero attached hydrogens (tertiary/aromatic N) is 3. The first-order valence-corrected chi connectivity index (χ1v) is 12.5. The summed E-state index contributed by atoms with van der Waals surface area (Å²) in [6, 6.07) is -0.464. The highest BCUT2D eigenvalue weighted by Crippen LogP contribution is 2.45. The highest BCUT2D eigenvalue weighted by molar-refractivity contribution is 6.09. The summed E-state index contributed by atoms with van der Waals surface area (Å²) in [7, 11) is 0. The van der Waals surface area contributed by atoms with E-state index in [9.17, 15) is 19.2 Å². The largest absolute Gasteiger partial charge is 0.368 e. The van der Waals surface area contributed by atoms with Gasteiger partial charge in [-0.15, -0.1) is 0 Å². The third kappa shape index (κ3) is 4.61. The highest BCUT2D eigenvalue weighted by atomic mass is 16.5. The lowest BCUT2D eigenvalue weighted by molar-refractivity contribution is -0.146. The molecule has 4 fully saturated rings. The molecular formula is C24H38N4O5. The minimum absolute atomic E-state index is 0.00232. The molecular weight excluding hydrogens is 424 g/mol. The minimum Gasteiger partial charge on any atom is -0.368 e. The SMILES string of the molecule is CCC(C)(C)C1CCC2(CC1)NC(=O)N(CC(=O)N1CCN(C(=O)C3CCCO3)CC1)C2=O. The van der Waals surface area contributed by atoms with E-state index in [2.05, 4.69) is 26.1 Å². The maximum absolute atomic E-state index is 13.2. The number of carbonyl (C=O) groups excluding carboxylic acids is 4. The molecule has 0 aromatic rings. The molecule has 3 saturated heterocycles. The van der Waals surface area contributed by atoms with Gasteiger partial charge in [0, 0.05) is 32.8 Å². The smallest absolute Gasteiger partial charge is 0.325 e. The van der Waals surface area contributed by atoms with E-state index in [1.807, 2.05) is 0 Å². The zero-order chi connectivity index (χ0) is 23.8. The summed E-state index contributed by atoms with van der Waals surface area (Å²) in [5, 5.41) is 2.92. The molecule has 1 unspecified atom stereocenters. The van der Waals surface area contributed by atoms with Crippen LogP contribution in [0.1, 0.15) is 65.7 Å². The number of urea groups is 1. The van der Waals surface area contributed by atoms with E-state index >= 15 is 0 Å². The van der Waals surface area contributed by atoms with Gasteiger partial charge in [-0.2, -0.15) is 0 Å². The summed E-state index contributed by atoms with van der Waals surface area (Å²) in [6.07, 6.45) is 5.43. The van der Waals surface area contributed by atoms with Crippen molar-refractivity contribution in [2.45, 2.75) is 77.4 Å². The fourth-order valence-corrected chi connectivity index (χ4v) is 5.73. The van der Waals surface area contributed by atoms with Crippen LogP contribution in [-0.2, 0) is 19.1 Å². The van der Waals surface area contributed by atoms with Gasteiger partial charge in [0.2, 0.25) is 5.91 Å². The van der Waals surface area contributed by atoms with Gasteiger partial charge in [-0.3, -0.25) is 19.3 Å². The Kier molecular flexibility index (Phi) is 6.71. The van der Waals surface area contributed by atoms with Crippen LogP contribution >= 0.6 is 0 Å². The summed E-state index contributed by atoms with van der Waals surface area (Å²) in [6.45, 7) is 8.81. The second-order valence-corrected chi connectivity index (χ2v) is 10.7. The van der Waals surface area contributed by atoms with E-state index in [-0.39, 0.29) is 35.8 Å². The molecule has 0 aromatic carbocycles. The molecule has 1 N–H and O–H groups in total. The van der Waals surface area contributed by atoms with Crippen molar-refractivity contribution in [2.75, 3.05) is 39.3 Å². The molecule has 4 rings (SSSR count). The van der Waals surface area contributed by atoms with Crippen LogP contribution in [0.25, 0.3) is 0 Å². The highest BCUT2D eigenvalue weighted by Gasteiger charge is 2.54. The van der Waals surface area contributed by atoms with Crippen molar-refractivity contribution in [1.29, 1.82) is 0 Å². The Morgan fingerprint density at radius 3 is 2.27 bits per heavy atom. The van der Waals surface area contributed by atoms with E-state index in [4.69, 9.17) is 4.74 Å². The Labute approximate surface area is 196 Å². The van der Waals surface area contributed by atoms with Gasteiger partial charge in [0.15, 0.2) is 0 Å². The van der Waals surface area contributed by atoms with Crippen molar-refractivity contribution in [3.05, 3.63) is 0 Å². The van der Waals surface area contributed by atoms with E-state index in [1.54, 1.807) is 9.80 Å². The Bertz CT molecular complexity index is 791. The summed E-state index contributed by atoms with van der Waals surface area (Å²) < 4.78 is 5.48. The number of carbonyl (C=O) groups is 4. The Morgan fingerprint density at radius 1 is 1.06 bits per heavy atom. The molecule has 9 heteroatoms. The second kappa shape index (κ2) is 9.24. The number of amides is 5. The zero-order valence-electron chi connectivity index (χ0n) is 20.2. The molecule has 0 bridgehead atoms. The molecule has 1 saturated carbocycles. The first-order valence-electron chi connectivity index (χ1n) is 12.5. The number of piperazine rings is 1. The van der Waals surface area contributed by atoms with Crippen LogP contribution in [-0.4, -0.2) is 89.4 Å². The number of nitrogens with one attached hydrogen (secondary N) is 1. The maximum Gasteiger partial charge on any atom is 0.325 e. The lowest BCUT2D eigenvalue weighted by Crippen LogP contribution is -2.55. The summed E-state index contributed by atoms with van der Waals surface area (Å²) in [5.74, 6) is 0.0148. The van der Waals surface area contributed by atoms with Gasteiger partial charge in [-0.05, 0) is 49.9 Å². The third-order valence-electron chi connectivity index (χ3n) is 8.54. The van der Waals surface area contributed by atoms with Gasteiger partial charge in [0.25, 0.3) is 11.8 Å².